The average Bonchev–Trinajstić information content (AvgIpc) is 2.55. The number of hydrogen-bond acceptors (Lipinski definition) is 6. The van der Waals surface area contributed by atoms with Gasteiger partial charge in [-0.15, -0.1) is 0 Å². The molecule has 0 saturated carbocycles. The molecule has 2 fully saturated rings. The number of nitrogens with two attached hydrogens (primary N) is 1. The summed E-state index contributed by atoms with van der Waals surface area (Å²) in [5.41, 5.74) is 5.54. The standard InChI is InChI=1S/C12H20N2O4/c13-5-1-2-8-3-4-9-11(17-8)7-16-12(15)10(6-14)18-9/h8-12,15H,1-4,6-7,14H2/t8-,9-,10?,11+,12?/m0/s1. The monoisotopic (exact) mass is 256 g/mol. The van der Waals surface area contributed by atoms with Crippen molar-refractivity contribution in [3.8, 4) is 6.07 Å². The molecule has 0 amide bonds. The second kappa shape index (κ2) is 6.45. The molecule has 0 aromatic heterocycles. The smallest absolute Gasteiger partial charge is 0.182 e. The predicted molar refractivity (Wildman–Crippen MR) is 62.4 cm³/mol. The molecule has 0 spiro atoms. The Hall–Kier alpha value is -0.710. The van der Waals surface area contributed by atoms with E-state index in [0.29, 0.717) is 13.0 Å². The predicted octanol–water partition coefficient (Wildman–Crippen LogP) is -0.101. The van der Waals surface area contributed by atoms with Crippen LogP contribution < -0.4 is 5.73 Å². The largest absolute Gasteiger partial charge is 0.370 e. The van der Waals surface area contributed by atoms with E-state index >= 15 is 0 Å². The molecule has 0 aromatic rings. The number of aliphatic hydroxyl groups excluding tert-OH is 1. The lowest BCUT2D eigenvalue weighted by Gasteiger charge is -2.35. The molecule has 5 atom stereocenters. The van der Waals surface area contributed by atoms with E-state index in [4.69, 9.17) is 25.2 Å². The van der Waals surface area contributed by atoms with Crippen molar-refractivity contribution in [3.63, 3.8) is 0 Å². The summed E-state index contributed by atoms with van der Waals surface area (Å²) in [7, 11) is 0. The van der Waals surface area contributed by atoms with Crippen molar-refractivity contribution in [2.45, 2.75) is 56.4 Å². The lowest BCUT2D eigenvalue weighted by atomic mass is 9.98. The van der Waals surface area contributed by atoms with Gasteiger partial charge in [-0.25, -0.2) is 0 Å². The minimum absolute atomic E-state index is 0.0750. The van der Waals surface area contributed by atoms with Crippen LogP contribution in [0.4, 0.5) is 0 Å². The van der Waals surface area contributed by atoms with Crippen molar-refractivity contribution in [2.24, 2.45) is 5.73 Å². The molecule has 6 nitrogen and oxygen atoms in total. The lowest BCUT2D eigenvalue weighted by molar-refractivity contribution is -0.163. The maximum absolute atomic E-state index is 9.68. The first kappa shape index (κ1) is 13.7. The minimum Gasteiger partial charge on any atom is -0.370 e. The van der Waals surface area contributed by atoms with E-state index < -0.39 is 12.4 Å². The number of hydrogen-bond donors (Lipinski definition) is 2. The molecule has 0 radical (unpaired) electrons. The molecule has 3 N–H and O–H groups in total. The van der Waals surface area contributed by atoms with Crippen LogP contribution in [0.5, 0.6) is 0 Å². The fraction of sp³-hybridized carbons (Fsp3) is 0.917. The van der Waals surface area contributed by atoms with Gasteiger partial charge in [0, 0.05) is 13.0 Å². The van der Waals surface area contributed by atoms with Crippen LogP contribution in [0.2, 0.25) is 0 Å². The Morgan fingerprint density at radius 2 is 2.11 bits per heavy atom. The van der Waals surface area contributed by atoms with Crippen molar-refractivity contribution in [3.05, 3.63) is 0 Å². The van der Waals surface area contributed by atoms with Gasteiger partial charge in [0.15, 0.2) is 6.29 Å². The summed E-state index contributed by atoms with van der Waals surface area (Å²) >= 11 is 0. The van der Waals surface area contributed by atoms with Crippen LogP contribution in [0.15, 0.2) is 0 Å². The third-order valence-corrected chi connectivity index (χ3v) is 3.46. The maximum atomic E-state index is 9.68. The highest BCUT2D eigenvalue weighted by atomic mass is 16.7. The van der Waals surface area contributed by atoms with Gasteiger partial charge in [-0.3, -0.25) is 0 Å². The quantitative estimate of drug-likeness (QED) is 0.731. The van der Waals surface area contributed by atoms with Crippen LogP contribution in [0.1, 0.15) is 25.7 Å². The average molecular weight is 256 g/mol. The Morgan fingerprint density at radius 1 is 1.28 bits per heavy atom. The second-order valence-corrected chi connectivity index (χ2v) is 4.74. The Kier molecular flexibility index (Phi) is 4.92. The fourth-order valence-corrected chi connectivity index (χ4v) is 2.44. The van der Waals surface area contributed by atoms with Crippen molar-refractivity contribution >= 4 is 0 Å². The second-order valence-electron chi connectivity index (χ2n) is 4.74. The van der Waals surface area contributed by atoms with E-state index in [-0.39, 0.29) is 24.9 Å². The molecule has 2 rings (SSSR count). The van der Waals surface area contributed by atoms with E-state index in [1.165, 1.54) is 0 Å². The van der Waals surface area contributed by atoms with Gasteiger partial charge in [-0.05, 0) is 19.3 Å². The van der Waals surface area contributed by atoms with Crippen LogP contribution in [-0.4, -0.2) is 49.0 Å². The first-order chi connectivity index (χ1) is 8.74. The van der Waals surface area contributed by atoms with E-state index in [9.17, 15) is 5.11 Å². The molecule has 2 aliphatic heterocycles. The molecule has 102 valence electrons. The highest BCUT2D eigenvalue weighted by Gasteiger charge is 2.38. The molecule has 2 saturated heterocycles. The molecular weight excluding hydrogens is 236 g/mol. The van der Waals surface area contributed by atoms with Gasteiger partial charge in [-0.2, -0.15) is 5.26 Å². The van der Waals surface area contributed by atoms with Crippen molar-refractivity contribution in [1.29, 1.82) is 5.26 Å². The number of fused-ring (bicyclic) bond motifs is 1. The Bertz CT molecular complexity index is 307. The SMILES string of the molecule is N#CCC[C@H]1CC[C@@H]2OC(CN)C(O)OC[C@H]2O1. The molecule has 2 heterocycles. The first-order valence-electron chi connectivity index (χ1n) is 6.42. The highest BCUT2D eigenvalue weighted by Crippen LogP contribution is 2.28. The normalized spacial score (nSPS) is 40.6. The third-order valence-electron chi connectivity index (χ3n) is 3.46. The summed E-state index contributed by atoms with van der Waals surface area (Å²) < 4.78 is 16.9. The molecule has 6 heteroatoms. The van der Waals surface area contributed by atoms with Crippen LogP contribution in [0.3, 0.4) is 0 Å². The molecule has 0 aromatic carbocycles. The molecule has 2 unspecified atom stereocenters. The Balaban J connectivity index is 1.91. The summed E-state index contributed by atoms with van der Waals surface area (Å²) in [4.78, 5) is 0. The van der Waals surface area contributed by atoms with Crippen LogP contribution in [0, 0.1) is 11.3 Å². The van der Waals surface area contributed by atoms with E-state index in [1.807, 2.05) is 0 Å². The van der Waals surface area contributed by atoms with Gasteiger partial charge in [0.1, 0.15) is 12.2 Å². The van der Waals surface area contributed by atoms with Crippen LogP contribution in [-0.2, 0) is 14.2 Å². The van der Waals surface area contributed by atoms with Gasteiger partial charge >= 0.3 is 0 Å². The molecule has 0 aliphatic carbocycles. The van der Waals surface area contributed by atoms with Crippen molar-refractivity contribution in [2.75, 3.05) is 13.2 Å². The number of nitrogens with zero attached hydrogens (tertiary/aromatic N) is 1. The Labute approximate surface area is 107 Å². The number of rotatable bonds is 3. The van der Waals surface area contributed by atoms with E-state index in [1.54, 1.807) is 0 Å². The van der Waals surface area contributed by atoms with E-state index in [0.717, 1.165) is 19.3 Å². The fourth-order valence-electron chi connectivity index (χ4n) is 2.44. The number of nitriles is 1. The van der Waals surface area contributed by atoms with Crippen molar-refractivity contribution < 1.29 is 19.3 Å². The molecular formula is C12H20N2O4. The Morgan fingerprint density at radius 3 is 2.83 bits per heavy atom. The van der Waals surface area contributed by atoms with Gasteiger partial charge in [0.25, 0.3) is 0 Å². The topological polar surface area (TPSA) is 97.7 Å². The summed E-state index contributed by atoms with van der Waals surface area (Å²) in [6.07, 6.45) is 1.33. The maximum Gasteiger partial charge on any atom is 0.182 e. The summed E-state index contributed by atoms with van der Waals surface area (Å²) in [5.74, 6) is 0. The zero-order valence-electron chi connectivity index (χ0n) is 10.3. The van der Waals surface area contributed by atoms with E-state index in [2.05, 4.69) is 6.07 Å². The summed E-state index contributed by atoms with van der Waals surface area (Å²) in [5, 5.41) is 18.3. The van der Waals surface area contributed by atoms with Gasteiger partial charge < -0.3 is 25.1 Å². The summed E-state index contributed by atoms with van der Waals surface area (Å²) in [6, 6.07) is 2.12. The van der Waals surface area contributed by atoms with Crippen LogP contribution >= 0.6 is 0 Å². The highest BCUT2D eigenvalue weighted by molar-refractivity contribution is 4.85. The number of ether oxygens (including phenoxy) is 3. The van der Waals surface area contributed by atoms with Gasteiger partial charge in [-0.1, -0.05) is 0 Å². The molecule has 2 aliphatic rings. The zero-order chi connectivity index (χ0) is 13.0. The van der Waals surface area contributed by atoms with Crippen molar-refractivity contribution in [1.82, 2.24) is 0 Å². The van der Waals surface area contributed by atoms with Gasteiger partial charge in [0.2, 0.25) is 0 Å². The first-order valence-corrected chi connectivity index (χ1v) is 6.42. The number of aliphatic hydroxyl groups is 1. The van der Waals surface area contributed by atoms with Gasteiger partial charge in [0.05, 0.1) is 24.9 Å². The minimum atomic E-state index is -0.984. The molecule has 18 heavy (non-hydrogen) atoms. The third kappa shape index (κ3) is 3.19. The van der Waals surface area contributed by atoms with Crippen LogP contribution in [0.25, 0.3) is 0 Å². The lowest BCUT2D eigenvalue weighted by Crippen LogP contribution is -2.44. The molecule has 0 bridgehead atoms. The summed E-state index contributed by atoms with van der Waals surface area (Å²) in [6.45, 7) is 0.535. The zero-order valence-corrected chi connectivity index (χ0v) is 10.3.